The summed E-state index contributed by atoms with van der Waals surface area (Å²) in [6.45, 7) is 5.10. The molecule has 33 heavy (non-hydrogen) atoms. The van der Waals surface area contributed by atoms with E-state index >= 15 is 0 Å². The lowest BCUT2D eigenvalue weighted by molar-refractivity contribution is 0.0789. The number of benzene rings is 2. The first-order valence-electron chi connectivity index (χ1n) is 10.9. The average Bonchev–Trinajstić information content (AvgIpc) is 2.83. The molecule has 174 valence electrons. The fraction of sp³-hybridized carbons (Fsp3) is 0.360. The molecule has 4 rings (SSSR count). The number of carbonyl (C=O) groups excluding carboxylic acids is 1. The molecule has 0 spiro atoms. The van der Waals surface area contributed by atoms with Crippen LogP contribution in [0.5, 0.6) is 23.0 Å². The fourth-order valence-corrected chi connectivity index (χ4v) is 3.89. The Hall–Kier alpha value is -3.68. The van der Waals surface area contributed by atoms with Crippen molar-refractivity contribution < 1.29 is 23.7 Å². The number of ether oxygens (including phenoxy) is 4. The number of methoxy groups -OCH3 is 2. The molecule has 0 fully saturated rings. The van der Waals surface area contributed by atoms with Crippen molar-refractivity contribution in [3.63, 3.8) is 0 Å². The zero-order valence-corrected chi connectivity index (χ0v) is 19.2. The zero-order valence-electron chi connectivity index (χ0n) is 19.2. The highest BCUT2D eigenvalue weighted by molar-refractivity contribution is 6.07. The maximum Gasteiger partial charge on any atom is 0.258 e. The highest BCUT2D eigenvalue weighted by Crippen LogP contribution is 2.33. The van der Waals surface area contributed by atoms with Gasteiger partial charge in [0, 0.05) is 18.1 Å². The van der Waals surface area contributed by atoms with E-state index in [2.05, 4.69) is 5.32 Å². The van der Waals surface area contributed by atoms with Gasteiger partial charge in [-0.1, -0.05) is 26.0 Å². The van der Waals surface area contributed by atoms with E-state index < -0.39 is 0 Å². The minimum Gasteiger partial charge on any atom is -0.493 e. The van der Waals surface area contributed by atoms with Crippen LogP contribution < -0.4 is 29.8 Å². The summed E-state index contributed by atoms with van der Waals surface area (Å²) in [5, 5.41) is 3.82. The number of carbonyl (C=O) groups is 1. The second kappa shape index (κ2) is 9.44. The molecule has 1 aliphatic rings. The number of nitrogens with zero attached hydrogens (tertiary/aromatic N) is 1. The lowest BCUT2D eigenvalue weighted by Gasteiger charge is -2.26. The van der Waals surface area contributed by atoms with Crippen LogP contribution in [0.2, 0.25) is 0 Å². The minimum absolute atomic E-state index is 0.183. The van der Waals surface area contributed by atoms with Crippen molar-refractivity contribution in [2.75, 3.05) is 27.4 Å². The Kier molecular flexibility index (Phi) is 6.44. The van der Waals surface area contributed by atoms with Gasteiger partial charge in [0.25, 0.3) is 11.5 Å². The Bertz CT molecular complexity index is 1230. The van der Waals surface area contributed by atoms with Gasteiger partial charge in [-0.3, -0.25) is 9.59 Å². The first-order valence-corrected chi connectivity index (χ1v) is 10.9. The molecule has 0 radical (unpaired) electrons. The first-order chi connectivity index (χ1) is 15.9. The van der Waals surface area contributed by atoms with Gasteiger partial charge in [0.05, 0.1) is 31.7 Å². The molecule has 3 aromatic rings. The van der Waals surface area contributed by atoms with Crippen molar-refractivity contribution in [2.24, 2.45) is 5.92 Å². The summed E-state index contributed by atoms with van der Waals surface area (Å²) < 4.78 is 24.0. The lowest BCUT2D eigenvalue weighted by atomic mass is 10.0. The predicted molar refractivity (Wildman–Crippen MR) is 125 cm³/mol. The molecule has 1 atom stereocenters. The van der Waals surface area contributed by atoms with Gasteiger partial charge in [-0.05, 0) is 30.2 Å². The third kappa shape index (κ3) is 4.60. The highest BCUT2D eigenvalue weighted by atomic mass is 16.6. The zero-order chi connectivity index (χ0) is 23.5. The van der Waals surface area contributed by atoms with Gasteiger partial charge in [-0.15, -0.1) is 0 Å². The molecular weight excluding hydrogens is 424 g/mol. The summed E-state index contributed by atoms with van der Waals surface area (Å²) in [6.07, 6.45) is 1.28. The standard InChI is InChI=1S/C25H28N2O6/c1-15(2)12-27-13-19(17-9-22(30-3)23(31-4)10-18(17)25(27)29)24(28)26-11-16-14-32-20-7-5-6-8-21(20)33-16/h5-10,13,15-16H,11-12,14H2,1-4H3,(H,26,28)/t16-/m1/s1. The molecular formula is C25H28N2O6. The second-order valence-electron chi connectivity index (χ2n) is 8.35. The van der Waals surface area contributed by atoms with E-state index in [0.29, 0.717) is 52.5 Å². The number of hydrogen-bond donors (Lipinski definition) is 1. The van der Waals surface area contributed by atoms with Crippen molar-refractivity contribution >= 4 is 16.7 Å². The van der Waals surface area contributed by atoms with E-state index in [0.717, 1.165) is 0 Å². The largest absolute Gasteiger partial charge is 0.493 e. The van der Waals surface area contributed by atoms with Crippen molar-refractivity contribution in [2.45, 2.75) is 26.5 Å². The molecule has 8 nitrogen and oxygen atoms in total. The Morgan fingerprint density at radius 3 is 2.45 bits per heavy atom. The average molecular weight is 453 g/mol. The number of nitrogens with one attached hydrogen (secondary N) is 1. The number of hydrogen-bond acceptors (Lipinski definition) is 6. The summed E-state index contributed by atoms with van der Waals surface area (Å²) in [4.78, 5) is 26.4. The van der Waals surface area contributed by atoms with Crippen LogP contribution in [0.15, 0.2) is 47.4 Å². The van der Waals surface area contributed by atoms with Crippen LogP contribution in [0, 0.1) is 5.92 Å². The van der Waals surface area contributed by atoms with E-state index in [1.54, 1.807) is 22.9 Å². The van der Waals surface area contributed by atoms with E-state index in [-0.39, 0.29) is 30.0 Å². The lowest BCUT2D eigenvalue weighted by Crippen LogP contribution is -2.41. The number of amides is 1. The molecule has 2 aromatic carbocycles. The topological polar surface area (TPSA) is 88.0 Å². The third-order valence-corrected chi connectivity index (χ3v) is 5.45. The van der Waals surface area contributed by atoms with Crippen LogP contribution in [0.4, 0.5) is 0 Å². The number of aromatic nitrogens is 1. The SMILES string of the molecule is COc1cc2c(C(=O)NC[C@@H]3COc4ccccc4O3)cn(CC(C)C)c(=O)c2cc1OC. The predicted octanol–water partition coefficient (Wildman–Crippen LogP) is 3.24. The number of fused-ring (bicyclic) bond motifs is 2. The Balaban J connectivity index is 1.65. The molecule has 1 aliphatic heterocycles. The van der Waals surface area contributed by atoms with E-state index in [9.17, 15) is 9.59 Å². The normalized spacial score (nSPS) is 14.9. The monoisotopic (exact) mass is 452 g/mol. The molecule has 1 amide bonds. The van der Waals surface area contributed by atoms with E-state index in [1.807, 2.05) is 38.1 Å². The van der Waals surface area contributed by atoms with Crippen molar-refractivity contribution in [3.05, 3.63) is 58.5 Å². The van der Waals surface area contributed by atoms with Gasteiger partial charge in [-0.25, -0.2) is 0 Å². The highest BCUT2D eigenvalue weighted by Gasteiger charge is 2.23. The van der Waals surface area contributed by atoms with Crippen LogP contribution in [0.3, 0.4) is 0 Å². The van der Waals surface area contributed by atoms with Gasteiger partial charge in [0.2, 0.25) is 0 Å². The van der Waals surface area contributed by atoms with Crippen LogP contribution in [-0.2, 0) is 6.54 Å². The fourth-order valence-electron chi connectivity index (χ4n) is 3.89. The molecule has 2 heterocycles. The molecule has 0 saturated carbocycles. The molecule has 8 heteroatoms. The molecule has 0 saturated heterocycles. The smallest absolute Gasteiger partial charge is 0.258 e. The van der Waals surface area contributed by atoms with Crippen molar-refractivity contribution in [1.82, 2.24) is 9.88 Å². The molecule has 1 aromatic heterocycles. The van der Waals surface area contributed by atoms with Crippen LogP contribution in [0.25, 0.3) is 10.8 Å². The summed E-state index contributed by atoms with van der Waals surface area (Å²) in [7, 11) is 3.03. The van der Waals surface area contributed by atoms with Gasteiger partial charge in [0.15, 0.2) is 23.0 Å². The molecule has 0 aliphatic carbocycles. The Morgan fingerprint density at radius 2 is 1.79 bits per heavy atom. The Labute approximate surface area is 192 Å². The minimum atomic E-state index is -0.327. The van der Waals surface area contributed by atoms with Gasteiger partial charge >= 0.3 is 0 Å². The molecule has 1 N–H and O–H groups in total. The van der Waals surface area contributed by atoms with Gasteiger partial charge in [0.1, 0.15) is 12.7 Å². The van der Waals surface area contributed by atoms with E-state index in [4.69, 9.17) is 18.9 Å². The van der Waals surface area contributed by atoms with Crippen LogP contribution in [0.1, 0.15) is 24.2 Å². The molecule has 0 bridgehead atoms. The van der Waals surface area contributed by atoms with Crippen molar-refractivity contribution in [1.29, 1.82) is 0 Å². The molecule has 0 unspecified atom stereocenters. The third-order valence-electron chi connectivity index (χ3n) is 5.45. The maximum atomic E-state index is 13.3. The summed E-state index contributed by atoms with van der Waals surface area (Å²) in [5.74, 6) is 2.13. The first kappa shape index (κ1) is 22.5. The maximum absolute atomic E-state index is 13.3. The summed E-state index contributed by atoms with van der Waals surface area (Å²) >= 11 is 0. The quantitative estimate of drug-likeness (QED) is 0.592. The van der Waals surface area contributed by atoms with Crippen LogP contribution >= 0.6 is 0 Å². The van der Waals surface area contributed by atoms with Crippen LogP contribution in [-0.4, -0.2) is 43.9 Å². The van der Waals surface area contributed by atoms with Gasteiger partial charge in [-0.2, -0.15) is 0 Å². The van der Waals surface area contributed by atoms with Gasteiger partial charge < -0.3 is 28.8 Å². The number of rotatable bonds is 7. The number of pyridine rings is 1. The summed E-state index contributed by atoms with van der Waals surface area (Å²) in [5.41, 5.74) is 0.195. The second-order valence-corrected chi connectivity index (χ2v) is 8.35. The summed E-state index contributed by atoms with van der Waals surface area (Å²) in [6, 6.07) is 10.7. The Morgan fingerprint density at radius 1 is 1.12 bits per heavy atom. The number of para-hydroxylation sites is 2. The van der Waals surface area contributed by atoms with Crippen molar-refractivity contribution in [3.8, 4) is 23.0 Å². The van der Waals surface area contributed by atoms with E-state index in [1.165, 1.54) is 14.2 Å².